The first-order valence-electron chi connectivity index (χ1n) is 3.59. The van der Waals surface area contributed by atoms with E-state index in [1.54, 1.807) is 11.9 Å². The molecule has 0 saturated carbocycles. The van der Waals surface area contributed by atoms with Crippen LogP contribution < -0.4 is 0 Å². The maximum atomic E-state index is 12.9. The number of carbonyl (C=O) groups is 1. The van der Waals surface area contributed by atoms with Crippen molar-refractivity contribution in [2.45, 2.75) is 18.6 Å². The van der Waals surface area contributed by atoms with Crippen molar-refractivity contribution in [3.63, 3.8) is 0 Å². The van der Waals surface area contributed by atoms with Gasteiger partial charge in [0.25, 0.3) is 0 Å². The number of esters is 1. The maximum absolute atomic E-state index is 12.9. The van der Waals surface area contributed by atoms with E-state index < -0.39 is 18.2 Å². The van der Waals surface area contributed by atoms with Gasteiger partial charge in [0.15, 0.2) is 0 Å². The van der Waals surface area contributed by atoms with Crippen molar-refractivity contribution in [2.24, 2.45) is 0 Å². The van der Waals surface area contributed by atoms with E-state index in [-0.39, 0.29) is 12.4 Å². The summed E-state index contributed by atoms with van der Waals surface area (Å²) in [5.74, 6) is -0.475. The van der Waals surface area contributed by atoms with Crippen LogP contribution in [0.5, 0.6) is 0 Å². The summed E-state index contributed by atoms with van der Waals surface area (Å²) in [6, 6.07) is -0.681. The van der Waals surface area contributed by atoms with Crippen LogP contribution in [0.15, 0.2) is 0 Å². The Balaban J connectivity index is 0.00000121. The van der Waals surface area contributed by atoms with E-state index >= 15 is 0 Å². The second kappa shape index (κ2) is 4.62. The Bertz CT molecular complexity index is 157. The number of likely N-dealkylation sites (N-methyl/N-ethyl adjacent to an activating group) is 1. The molecule has 1 heterocycles. The van der Waals surface area contributed by atoms with Gasteiger partial charge in [-0.1, -0.05) is 0 Å². The summed E-state index contributed by atoms with van der Waals surface area (Å²) in [5, 5.41) is 0. The highest BCUT2D eigenvalue weighted by atomic mass is 35.5. The second-order valence-corrected chi connectivity index (χ2v) is 2.75. The topological polar surface area (TPSA) is 29.5 Å². The van der Waals surface area contributed by atoms with Gasteiger partial charge in [0.2, 0.25) is 0 Å². The van der Waals surface area contributed by atoms with Crippen molar-refractivity contribution in [3.05, 3.63) is 0 Å². The van der Waals surface area contributed by atoms with Gasteiger partial charge >= 0.3 is 5.97 Å². The minimum Gasteiger partial charge on any atom is -0.468 e. The van der Waals surface area contributed by atoms with Gasteiger partial charge in [-0.2, -0.15) is 0 Å². The van der Waals surface area contributed by atoms with Gasteiger partial charge < -0.3 is 4.74 Å². The fourth-order valence-corrected chi connectivity index (χ4v) is 1.35. The normalized spacial score (nSPS) is 29.6. The first kappa shape index (κ1) is 11.6. The molecular weight excluding hydrogens is 185 g/mol. The predicted molar refractivity (Wildman–Crippen MR) is 45.2 cm³/mol. The van der Waals surface area contributed by atoms with Crippen LogP contribution >= 0.6 is 12.4 Å². The van der Waals surface area contributed by atoms with Gasteiger partial charge in [-0.3, -0.25) is 9.69 Å². The van der Waals surface area contributed by atoms with Crippen LogP contribution in [0.3, 0.4) is 0 Å². The summed E-state index contributed by atoms with van der Waals surface area (Å²) in [4.78, 5) is 12.6. The van der Waals surface area contributed by atoms with Crippen LogP contribution in [0.1, 0.15) is 6.42 Å². The van der Waals surface area contributed by atoms with E-state index in [1.807, 2.05) is 0 Å². The molecule has 5 heteroatoms. The molecule has 0 N–H and O–H groups in total. The molecule has 12 heavy (non-hydrogen) atoms. The number of likely N-dealkylation sites (tertiary alicyclic amines) is 1. The summed E-state index contributed by atoms with van der Waals surface area (Å²) >= 11 is 0. The largest absolute Gasteiger partial charge is 0.468 e. The van der Waals surface area contributed by atoms with E-state index in [1.165, 1.54) is 7.11 Å². The van der Waals surface area contributed by atoms with E-state index in [4.69, 9.17) is 0 Å². The number of methoxy groups -OCH3 is 1. The number of nitrogens with zero attached hydrogens (tertiary/aromatic N) is 1. The molecule has 0 aliphatic carbocycles. The van der Waals surface area contributed by atoms with Crippen molar-refractivity contribution in [1.29, 1.82) is 0 Å². The highest BCUT2D eigenvalue weighted by Crippen LogP contribution is 2.19. The first-order chi connectivity index (χ1) is 5.16. The lowest BCUT2D eigenvalue weighted by molar-refractivity contribution is -0.146. The van der Waals surface area contributed by atoms with Crippen molar-refractivity contribution < 1.29 is 13.9 Å². The van der Waals surface area contributed by atoms with E-state index in [0.29, 0.717) is 13.0 Å². The van der Waals surface area contributed by atoms with Crippen LogP contribution in [0.4, 0.5) is 4.39 Å². The summed E-state index contributed by atoms with van der Waals surface area (Å²) in [6.07, 6.45) is -0.636. The van der Waals surface area contributed by atoms with E-state index in [9.17, 15) is 9.18 Å². The molecule has 0 radical (unpaired) electrons. The van der Waals surface area contributed by atoms with Crippen molar-refractivity contribution in [3.8, 4) is 0 Å². The Kier molecular flexibility index (Phi) is 4.49. The van der Waals surface area contributed by atoms with Crippen LogP contribution in [-0.2, 0) is 9.53 Å². The zero-order valence-corrected chi connectivity index (χ0v) is 7.94. The SMILES string of the molecule is COC(=O)[C@@H]1[C@@H](F)CCN1C.Cl. The predicted octanol–water partition coefficient (Wildman–Crippen LogP) is 0.623. The molecule has 1 rings (SSSR count). The Hall–Kier alpha value is -0.350. The minimum atomic E-state index is -1.06. The van der Waals surface area contributed by atoms with Gasteiger partial charge in [0.05, 0.1) is 7.11 Å². The molecule has 1 aliphatic rings. The summed E-state index contributed by atoms with van der Waals surface area (Å²) in [7, 11) is 3.00. The molecule has 0 bridgehead atoms. The summed E-state index contributed by atoms with van der Waals surface area (Å²) in [5.41, 5.74) is 0. The van der Waals surface area contributed by atoms with Gasteiger partial charge in [-0.15, -0.1) is 12.4 Å². The third kappa shape index (κ3) is 2.08. The molecule has 1 fully saturated rings. The number of rotatable bonds is 1. The van der Waals surface area contributed by atoms with Crippen LogP contribution in [0.2, 0.25) is 0 Å². The minimum absolute atomic E-state index is 0. The number of carbonyl (C=O) groups excluding carboxylic acids is 1. The third-order valence-electron chi connectivity index (χ3n) is 2.02. The molecule has 0 amide bonds. The molecule has 2 atom stereocenters. The smallest absolute Gasteiger partial charge is 0.326 e. The Morgan fingerprint density at radius 1 is 1.67 bits per heavy atom. The Morgan fingerprint density at radius 2 is 2.25 bits per heavy atom. The highest BCUT2D eigenvalue weighted by molar-refractivity contribution is 5.85. The van der Waals surface area contributed by atoms with Gasteiger partial charge in [-0.05, 0) is 13.5 Å². The van der Waals surface area contributed by atoms with Gasteiger partial charge in [0.1, 0.15) is 12.2 Å². The lowest BCUT2D eigenvalue weighted by Gasteiger charge is -2.17. The van der Waals surface area contributed by atoms with Gasteiger partial charge in [0, 0.05) is 6.54 Å². The number of ether oxygens (including phenoxy) is 1. The molecular formula is C7H13ClFNO2. The number of hydrogen-bond donors (Lipinski definition) is 0. The van der Waals surface area contributed by atoms with Crippen molar-refractivity contribution in [1.82, 2.24) is 4.90 Å². The van der Waals surface area contributed by atoms with Gasteiger partial charge in [-0.25, -0.2) is 4.39 Å². The van der Waals surface area contributed by atoms with E-state index in [0.717, 1.165) is 0 Å². The van der Waals surface area contributed by atoms with Crippen LogP contribution in [-0.4, -0.2) is 43.8 Å². The highest BCUT2D eigenvalue weighted by Gasteiger charge is 2.38. The number of hydrogen-bond acceptors (Lipinski definition) is 3. The molecule has 1 saturated heterocycles. The lowest BCUT2D eigenvalue weighted by atomic mass is 10.2. The molecule has 0 unspecified atom stereocenters. The molecule has 0 aromatic carbocycles. The van der Waals surface area contributed by atoms with Crippen molar-refractivity contribution >= 4 is 18.4 Å². The molecule has 0 aromatic rings. The molecule has 3 nitrogen and oxygen atoms in total. The van der Waals surface area contributed by atoms with Crippen LogP contribution in [0.25, 0.3) is 0 Å². The third-order valence-corrected chi connectivity index (χ3v) is 2.02. The zero-order valence-electron chi connectivity index (χ0n) is 7.12. The van der Waals surface area contributed by atoms with Crippen LogP contribution in [0, 0.1) is 0 Å². The molecule has 72 valence electrons. The lowest BCUT2D eigenvalue weighted by Crippen LogP contribution is -2.38. The average molecular weight is 198 g/mol. The molecule has 1 aliphatic heterocycles. The fraction of sp³-hybridized carbons (Fsp3) is 0.857. The zero-order chi connectivity index (χ0) is 8.43. The molecule has 0 aromatic heterocycles. The standard InChI is InChI=1S/C7H12FNO2.ClH/c1-9-4-3-5(8)6(9)7(10)11-2;/h5-6H,3-4H2,1-2H3;1H/t5-,6-;/m0./s1. The Labute approximate surface area is 77.3 Å². The number of halogens is 2. The Morgan fingerprint density at radius 3 is 2.58 bits per heavy atom. The fourth-order valence-electron chi connectivity index (χ4n) is 1.35. The second-order valence-electron chi connectivity index (χ2n) is 2.75. The summed E-state index contributed by atoms with van der Waals surface area (Å²) < 4.78 is 17.4. The van der Waals surface area contributed by atoms with E-state index in [2.05, 4.69) is 4.74 Å². The molecule has 0 spiro atoms. The van der Waals surface area contributed by atoms with Crippen molar-refractivity contribution in [2.75, 3.05) is 20.7 Å². The monoisotopic (exact) mass is 197 g/mol. The summed E-state index contributed by atoms with van der Waals surface area (Å²) in [6.45, 7) is 0.626. The quantitative estimate of drug-likeness (QED) is 0.578. The first-order valence-corrected chi connectivity index (χ1v) is 3.59. The number of alkyl halides is 1. The maximum Gasteiger partial charge on any atom is 0.326 e. The average Bonchev–Trinajstić information content (AvgIpc) is 2.30.